The fourth-order valence-corrected chi connectivity index (χ4v) is 2.22. The highest BCUT2D eigenvalue weighted by Crippen LogP contribution is 2.30. The van der Waals surface area contributed by atoms with Crippen molar-refractivity contribution < 1.29 is 13.2 Å². The molecule has 6 heteroatoms. The number of aromatic nitrogens is 1. The van der Waals surface area contributed by atoms with E-state index in [0.717, 1.165) is 23.4 Å². The first kappa shape index (κ1) is 15.0. The number of rotatable bonds is 2. The van der Waals surface area contributed by atoms with Crippen LogP contribution in [0.1, 0.15) is 27.9 Å². The number of nitrogens with two attached hydrogens (primary N) is 1. The molecule has 1 heterocycles. The third-order valence-corrected chi connectivity index (χ3v) is 3.60. The molecule has 110 valence electrons. The zero-order chi connectivity index (χ0) is 15.8. The lowest BCUT2D eigenvalue weighted by Gasteiger charge is -2.11. The molecule has 2 N–H and O–H groups in total. The van der Waals surface area contributed by atoms with Crippen molar-refractivity contribution in [1.82, 2.24) is 4.57 Å². The second kappa shape index (κ2) is 5.17. The number of nitriles is 1. The van der Waals surface area contributed by atoms with E-state index in [2.05, 4.69) is 0 Å². The number of hydrogen-bond donors (Lipinski definition) is 1. The molecule has 0 radical (unpaired) electrons. The summed E-state index contributed by atoms with van der Waals surface area (Å²) in [5.74, 6) is 0.340. The van der Waals surface area contributed by atoms with Gasteiger partial charge in [-0.3, -0.25) is 0 Å². The second-order valence-electron chi connectivity index (χ2n) is 4.86. The molecule has 0 bridgehead atoms. The van der Waals surface area contributed by atoms with Crippen LogP contribution in [0, 0.1) is 25.2 Å². The van der Waals surface area contributed by atoms with Crippen molar-refractivity contribution in [2.75, 3.05) is 5.73 Å². The number of anilines is 1. The number of nitrogens with zero attached hydrogens (tertiary/aromatic N) is 2. The van der Waals surface area contributed by atoms with Crippen LogP contribution in [0.3, 0.4) is 0 Å². The van der Waals surface area contributed by atoms with E-state index in [4.69, 9.17) is 11.0 Å². The van der Waals surface area contributed by atoms with Crippen LogP contribution >= 0.6 is 0 Å². The highest BCUT2D eigenvalue weighted by atomic mass is 19.4. The van der Waals surface area contributed by atoms with Crippen LogP contribution in [0.4, 0.5) is 19.0 Å². The van der Waals surface area contributed by atoms with Crippen LogP contribution in [0.5, 0.6) is 0 Å². The molecular weight excluding hydrogens is 279 g/mol. The molecule has 0 unspecified atom stereocenters. The van der Waals surface area contributed by atoms with E-state index in [1.165, 1.54) is 12.1 Å². The predicted octanol–water partition coefficient (Wildman–Crippen LogP) is 3.63. The minimum absolute atomic E-state index is 0.332. The van der Waals surface area contributed by atoms with Gasteiger partial charge in [-0.1, -0.05) is 12.1 Å². The summed E-state index contributed by atoms with van der Waals surface area (Å²) in [6.07, 6.45) is -4.34. The molecule has 0 spiro atoms. The Kier molecular flexibility index (Phi) is 3.69. The van der Waals surface area contributed by atoms with Crippen LogP contribution in [-0.4, -0.2) is 4.57 Å². The Morgan fingerprint density at radius 3 is 2.19 bits per heavy atom. The molecule has 0 atom stereocenters. The molecule has 1 aromatic carbocycles. The summed E-state index contributed by atoms with van der Waals surface area (Å²) >= 11 is 0. The first-order valence-corrected chi connectivity index (χ1v) is 6.27. The van der Waals surface area contributed by atoms with Gasteiger partial charge in [-0.2, -0.15) is 18.4 Å². The Hall–Kier alpha value is -2.42. The fourth-order valence-electron chi connectivity index (χ4n) is 2.22. The highest BCUT2D eigenvalue weighted by Gasteiger charge is 2.29. The van der Waals surface area contributed by atoms with E-state index in [-0.39, 0.29) is 0 Å². The quantitative estimate of drug-likeness (QED) is 0.919. The van der Waals surface area contributed by atoms with Gasteiger partial charge in [-0.15, -0.1) is 0 Å². The summed E-state index contributed by atoms with van der Waals surface area (Å²) in [5, 5.41) is 9.06. The summed E-state index contributed by atoms with van der Waals surface area (Å²) in [5.41, 5.74) is 7.98. The molecule has 0 aliphatic heterocycles. The smallest absolute Gasteiger partial charge is 0.384 e. The minimum Gasteiger partial charge on any atom is -0.384 e. The lowest BCUT2D eigenvalue weighted by atomic mass is 10.1. The Bertz CT molecular complexity index is 704. The van der Waals surface area contributed by atoms with Crippen molar-refractivity contribution in [1.29, 1.82) is 5.26 Å². The van der Waals surface area contributed by atoms with Crippen LogP contribution in [0.25, 0.3) is 0 Å². The molecule has 1 aromatic heterocycles. The fraction of sp³-hybridized carbons (Fsp3) is 0.267. The summed E-state index contributed by atoms with van der Waals surface area (Å²) in [7, 11) is 0. The van der Waals surface area contributed by atoms with Crippen molar-refractivity contribution in [3.8, 4) is 6.07 Å². The Morgan fingerprint density at radius 2 is 1.76 bits per heavy atom. The molecule has 0 amide bonds. The van der Waals surface area contributed by atoms with Gasteiger partial charge in [0.25, 0.3) is 0 Å². The minimum atomic E-state index is -4.34. The second-order valence-corrected chi connectivity index (χ2v) is 4.86. The monoisotopic (exact) mass is 293 g/mol. The lowest BCUT2D eigenvalue weighted by molar-refractivity contribution is -0.137. The van der Waals surface area contributed by atoms with E-state index in [0.29, 0.717) is 23.5 Å². The summed E-state index contributed by atoms with van der Waals surface area (Å²) in [4.78, 5) is 0. The maximum absolute atomic E-state index is 12.5. The van der Waals surface area contributed by atoms with Gasteiger partial charge in [0.1, 0.15) is 11.9 Å². The van der Waals surface area contributed by atoms with Gasteiger partial charge in [0.05, 0.1) is 11.1 Å². The number of nitrogen functional groups attached to an aromatic ring is 1. The molecule has 0 aliphatic carbocycles. The van der Waals surface area contributed by atoms with Crippen LogP contribution in [0.15, 0.2) is 24.3 Å². The van der Waals surface area contributed by atoms with Crippen LogP contribution in [0.2, 0.25) is 0 Å². The number of alkyl halides is 3. The highest BCUT2D eigenvalue weighted by molar-refractivity contribution is 5.58. The number of hydrogen-bond acceptors (Lipinski definition) is 2. The Morgan fingerprint density at radius 1 is 1.19 bits per heavy atom. The van der Waals surface area contributed by atoms with Crippen molar-refractivity contribution in [3.05, 3.63) is 52.2 Å². The van der Waals surface area contributed by atoms with Crippen molar-refractivity contribution in [3.63, 3.8) is 0 Å². The largest absolute Gasteiger partial charge is 0.416 e. The summed E-state index contributed by atoms with van der Waals surface area (Å²) in [6, 6.07) is 6.97. The predicted molar refractivity (Wildman–Crippen MR) is 73.6 cm³/mol. The van der Waals surface area contributed by atoms with Crippen molar-refractivity contribution >= 4 is 5.82 Å². The van der Waals surface area contributed by atoms with Gasteiger partial charge < -0.3 is 10.3 Å². The standard InChI is InChI=1S/C15H14F3N3/c1-9-10(2)21(14(20)13(9)7-19)8-11-3-5-12(6-4-11)15(16,17)18/h3-6H,8,20H2,1-2H3. The van der Waals surface area contributed by atoms with E-state index >= 15 is 0 Å². The van der Waals surface area contributed by atoms with Gasteiger partial charge in [0.15, 0.2) is 0 Å². The van der Waals surface area contributed by atoms with Gasteiger partial charge >= 0.3 is 6.18 Å². The maximum Gasteiger partial charge on any atom is 0.416 e. The van der Waals surface area contributed by atoms with Crippen LogP contribution < -0.4 is 5.73 Å². The zero-order valence-corrected chi connectivity index (χ0v) is 11.6. The summed E-state index contributed by atoms with van der Waals surface area (Å²) in [6.45, 7) is 3.96. The number of benzene rings is 1. The van der Waals surface area contributed by atoms with Crippen molar-refractivity contribution in [2.24, 2.45) is 0 Å². The topological polar surface area (TPSA) is 54.7 Å². The van der Waals surface area contributed by atoms with Gasteiger partial charge in [-0.25, -0.2) is 0 Å². The molecule has 0 saturated carbocycles. The van der Waals surface area contributed by atoms with Gasteiger partial charge in [0.2, 0.25) is 0 Å². The molecule has 2 rings (SSSR count). The van der Waals surface area contributed by atoms with Gasteiger partial charge in [-0.05, 0) is 37.1 Å². The number of halogens is 3. The molecule has 21 heavy (non-hydrogen) atoms. The average molecular weight is 293 g/mol. The Labute approximate surface area is 120 Å². The molecule has 3 nitrogen and oxygen atoms in total. The van der Waals surface area contributed by atoms with Crippen molar-refractivity contribution in [2.45, 2.75) is 26.6 Å². The third-order valence-electron chi connectivity index (χ3n) is 3.60. The molecule has 0 saturated heterocycles. The maximum atomic E-state index is 12.5. The molecule has 0 aliphatic rings. The van der Waals surface area contributed by atoms with Crippen LogP contribution in [-0.2, 0) is 12.7 Å². The van der Waals surface area contributed by atoms with E-state index in [1.54, 1.807) is 11.5 Å². The molecule has 0 fully saturated rings. The van der Waals surface area contributed by atoms with E-state index in [9.17, 15) is 13.2 Å². The first-order chi connectivity index (χ1) is 9.75. The molecular formula is C15H14F3N3. The molecule has 2 aromatic rings. The SMILES string of the molecule is Cc1c(C#N)c(N)n(Cc2ccc(C(F)(F)F)cc2)c1C. The van der Waals surface area contributed by atoms with Gasteiger partial charge in [0, 0.05) is 12.2 Å². The average Bonchev–Trinajstić information content (AvgIpc) is 2.62. The first-order valence-electron chi connectivity index (χ1n) is 6.27. The zero-order valence-electron chi connectivity index (χ0n) is 11.6. The normalized spacial score (nSPS) is 11.4. The Balaban J connectivity index is 2.34. The summed E-state index contributed by atoms with van der Waals surface area (Å²) < 4.78 is 39.3. The lowest BCUT2D eigenvalue weighted by Crippen LogP contribution is -2.08. The third kappa shape index (κ3) is 2.72. The van der Waals surface area contributed by atoms with E-state index in [1.807, 2.05) is 13.0 Å². The van der Waals surface area contributed by atoms with E-state index < -0.39 is 11.7 Å².